The van der Waals surface area contributed by atoms with Crippen molar-refractivity contribution in [1.82, 2.24) is 15.1 Å². The molecular formula is C20H23F5N4O. The Balaban J connectivity index is 1.59. The molecule has 1 N–H and O–H groups in total. The van der Waals surface area contributed by atoms with Gasteiger partial charge >= 0.3 is 6.18 Å². The number of nitrogens with one attached hydrogen (secondary N) is 1. The molecule has 1 aliphatic heterocycles. The second-order valence-corrected chi connectivity index (χ2v) is 7.26. The largest absolute Gasteiger partial charge is 0.493 e. The standard InChI is InChI=1S/C20H23F5N4O/c1-30-17-9-18(20(23,24)25)27-28-19(17)26-16-2-4-29(5-3-16)12-15-7-13(10-21)6-14(8-15)11-22/h6-9,16H,2-5,10-12H2,1H3,(H,26,28). The Kier molecular flexibility index (Phi) is 7.06. The monoisotopic (exact) mass is 430 g/mol. The normalized spacial score (nSPS) is 15.9. The summed E-state index contributed by atoms with van der Waals surface area (Å²) < 4.78 is 69.4. The summed E-state index contributed by atoms with van der Waals surface area (Å²) in [6.45, 7) is 0.750. The molecule has 0 unspecified atom stereocenters. The predicted octanol–water partition coefficient (Wildman–Crippen LogP) is 4.52. The molecule has 10 heteroatoms. The van der Waals surface area contributed by atoms with Crippen molar-refractivity contribution in [2.24, 2.45) is 0 Å². The van der Waals surface area contributed by atoms with Crippen LogP contribution >= 0.6 is 0 Å². The number of benzene rings is 1. The van der Waals surface area contributed by atoms with Gasteiger partial charge in [-0.2, -0.15) is 13.2 Å². The van der Waals surface area contributed by atoms with E-state index >= 15 is 0 Å². The molecule has 2 aromatic rings. The molecule has 164 valence electrons. The summed E-state index contributed by atoms with van der Waals surface area (Å²) in [6.07, 6.45) is -3.14. The molecule has 0 aliphatic carbocycles. The molecule has 0 radical (unpaired) electrons. The molecule has 30 heavy (non-hydrogen) atoms. The number of alkyl halides is 5. The topological polar surface area (TPSA) is 50.3 Å². The molecule has 3 rings (SSSR count). The molecule has 0 amide bonds. The van der Waals surface area contributed by atoms with Crippen molar-refractivity contribution >= 4 is 5.82 Å². The van der Waals surface area contributed by atoms with Crippen LogP contribution in [0.4, 0.5) is 27.8 Å². The van der Waals surface area contributed by atoms with Crippen LogP contribution in [-0.2, 0) is 26.1 Å². The Labute approximate surface area is 171 Å². The minimum Gasteiger partial charge on any atom is -0.493 e. The number of likely N-dealkylation sites (tertiary alicyclic amines) is 1. The zero-order chi connectivity index (χ0) is 21.7. The lowest BCUT2D eigenvalue weighted by atomic mass is 10.0. The van der Waals surface area contributed by atoms with E-state index in [2.05, 4.69) is 20.4 Å². The maximum absolute atomic E-state index is 13.0. The lowest BCUT2D eigenvalue weighted by Gasteiger charge is -2.32. The zero-order valence-corrected chi connectivity index (χ0v) is 16.5. The number of methoxy groups -OCH3 is 1. The van der Waals surface area contributed by atoms with Crippen LogP contribution in [0.1, 0.15) is 35.2 Å². The molecule has 1 aliphatic rings. The van der Waals surface area contributed by atoms with Gasteiger partial charge in [-0.25, -0.2) is 8.78 Å². The first-order chi connectivity index (χ1) is 14.3. The molecule has 0 atom stereocenters. The minimum atomic E-state index is -4.59. The van der Waals surface area contributed by atoms with Crippen LogP contribution in [-0.4, -0.2) is 41.3 Å². The van der Waals surface area contributed by atoms with Crippen LogP contribution < -0.4 is 10.1 Å². The second-order valence-electron chi connectivity index (χ2n) is 7.26. The van der Waals surface area contributed by atoms with Crippen LogP contribution in [0.5, 0.6) is 5.75 Å². The maximum atomic E-state index is 13.0. The van der Waals surface area contributed by atoms with E-state index in [-0.39, 0.29) is 17.6 Å². The van der Waals surface area contributed by atoms with Gasteiger partial charge in [0.25, 0.3) is 0 Å². The highest BCUT2D eigenvalue weighted by Gasteiger charge is 2.34. The Morgan fingerprint density at radius 1 is 1.00 bits per heavy atom. The van der Waals surface area contributed by atoms with Gasteiger partial charge in [-0.3, -0.25) is 4.90 Å². The van der Waals surface area contributed by atoms with E-state index in [1.165, 1.54) is 13.2 Å². The fraction of sp³-hybridized carbons (Fsp3) is 0.500. The van der Waals surface area contributed by atoms with Gasteiger partial charge in [0.15, 0.2) is 17.3 Å². The van der Waals surface area contributed by atoms with E-state index in [4.69, 9.17) is 4.74 Å². The lowest BCUT2D eigenvalue weighted by Crippen LogP contribution is -2.39. The molecule has 2 heterocycles. The summed E-state index contributed by atoms with van der Waals surface area (Å²) in [5, 5.41) is 9.99. The van der Waals surface area contributed by atoms with E-state index in [1.54, 1.807) is 12.1 Å². The van der Waals surface area contributed by atoms with E-state index in [0.29, 0.717) is 17.7 Å². The molecule has 1 aromatic heterocycles. The van der Waals surface area contributed by atoms with E-state index in [1.807, 2.05) is 0 Å². The predicted molar refractivity (Wildman–Crippen MR) is 102 cm³/mol. The van der Waals surface area contributed by atoms with Gasteiger partial charge in [-0.15, -0.1) is 10.2 Å². The molecule has 1 saturated heterocycles. The third-order valence-corrected chi connectivity index (χ3v) is 5.02. The molecule has 5 nitrogen and oxygen atoms in total. The third kappa shape index (κ3) is 5.56. The second kappa shape index (κ2) is 9.55. The van der Waals surface area contributed by atoms with Crippen molar-refractivity contribution in [3.63, 3.8) is 0 Å². The first-order valence-corrected chi connectivity index (χ1v) is 9.53. The number of nitrogens with zero attached hydrogens (tertiary/aromatic N) is 3. The maximum Gasteiger partial charge on any atom is 0.435 e. The highest BCUT2D eigenvalue weighted by atomic mass is 19.4. The van der Waals surface area contributed by atoms with Crippen LogP contribution in [0.2, 0.25) is 0 Å². The van der Waals surface area contributed by atoms with Gasteiger partial charge in [0.2, 0.25) is 0 Å². The van der Waals surface area contributed by atoms with Gasteiger partial charge in [0.1, 0.15) is 13.3 Å². The van der Waals surface area contributed by atoms with E-state index in [0.717, 1.165) is 37.6 Å². The molecule has 1 fully saturated rings. The number of hydrogen-bond acceptors (Lipinski definition) is 5. The first-order valence-electron chi connectivity index (χ1n) is 9.53. The van der Waals surface area contributed by atoms with Gasteiger partial charge in [-0.1, -0.05) is 18.2 Å². The lowest BCUT2D eigenvalue weighted by molar-refractivity contribution is -0.141. The average Bonchev–Trinajstić information content (AvgIpc) is 2.74. The highest BCUT2D eigenvalue weighted by molar-refractivity contribution is 5.50. The fourth-order valence-corrected chi connectivity index (χ4v) is 3.54. The molecule has 1 aromatic carbocycles. The summed E-state index contributed by atoms with van der Waals surface area (Å²) in [7, 11) is 1.28. The number of ether oxygens (including phenoxy) is 1. The number of rotatable bonds is 7. The van der Waals surface area contributed by atoms with Crippen molar-refractivity contribution in [1.29, 1.82) is 0 Å². The molecule has 0 spiro atoms. The Bertz CT molecular complexity index is 831. The molecule has 0 saturated carbocycles. The summed E-state index contributed by atoms with van der Waals surface area (Å²) in [6, 6.07) is 5.83. The van der Waals surface area contributed by atoms with Crippen molar-refractivity contribution in [3.8, 4) is 5.75 Å². The summed E-state index contributed by atoms with van der Waals surface area (Å²) >= 11 is 0. The quantitative estimate of drug-likeness (QED) is 0.655. The first kappa shape index (κ1) is 22.2. The van der Waals surface area contributed by atoms with Crippen molar-refractivity contribution in [2.75, 3.05) is 25.5 Å². The number of hydrogen-bond donors (Lipinski definition) is 1. The number of piperidine rings is 1. The van der Waals surface area contributed by atoms with Crippen LogP contribution in [0.15, 0.2) is 24.3 Å². The fourth-order valence-electron chi connectivity index (χ4n) is 3.54. The number of anilines is 1. The zero-order valence-electron chi connectivity index (χ0n) is 16.5. The van der Waals surface area contributed by atoms with Crippen molar-refractivity contribution in [3.05, 3.63) is 46.6 Å². The van der Waals surface area contributed by atoms with Gasteiger partial charge in [0, 0.05) is 31.7 Å². The van der Waals surface area contributed by atoms with Crippen LogP contribution in [0.25, 0.3) is 0 Å². The van der Waals surface area contributed by atoms with Crippen LogP contribution in [0.3, 0.4) is 0 Å². The third-order valence-electron chi connectivity index (χ3n) is 5.02. The van der Waals surface area contributed by atoms with Gasteiger partial charge < -0.3 is 10.1 Å². The summed E-state index contributed by atoms with van der Waals surface area (Å²) in [5.41, 5.74) is 0.678. The van der Waals surface area contributed by atoms with Gasteiger partial charge in [0.05, 0.1) is 7.11 Å². The Morgan fingerprint density at radius 2 is 1.60 bits per heavy atom. The van der Waals surface area contributed by atoms with E-state index < -0.39 is 25.2 Å². The van der Waals surface area contributed by atoms with Gasteiger partial charge in [-0.05, 0) is 29.5 Å². The Hall–Kier alpha value is -2.49. The number of halogens is 5. The van der Waals surface area contributed by atoms with E-state index in [9.17, 15) is 22.0 Å². The summed E-state index contributed by atoms with van der Waals surface area (Å²) in [5.74, 6) is 0.161. The highest BCUT2D eigenvalue weighted by Crippen LogP contribution is 2.32. The molecule has 0 bridgehead atoms. The molecular weight excluding hydrogens is 407 g/mol. The number of aromatic nitrogens is 2. The Morgan fingerprint density at radius 3 is 2.13 bits per heavy atom. The minimum absolute atomic E-state index is 0.000217. The smallest absolute Gasteiger partial charge is 0.435 e. The SMILES string of the molecule is COc1cc(C(F)(F)F)nnc1NC1CCN(Cc2cc(CF)cc(CF)c2)CC1. The van der Waals surface area contributed by atoms with Crippen molar-refractivity contribution < 1.29 is 26.7 Å². The van der Waals surface area contributed by atoms with Crippen molar-refractivity contribution in [2.45, 2.75) is 45.0 Å². The van der Waals surface area contributed by atoms with Crippen LogP contribution in [0, 0.1) is 0 Å². The average molecular weight is 430 g/mol. The summed E-state index contributed by atoms with van der Waals surface area (Å²) in [4.78, 5) is 2.17.